The third-order valence-electron chi connectivity index (χ3n) is 2.14. The van der Waals surface area contributed by atoms with Gasteiger partial charge in [-0.2, -0.15) is 5.26 Å². The van der Waals surface area contributed by atoms with Gasteiger partial charge in [0.25, 0.3) is 0 Å². The summed E-state index contributed by atoms with van der Waals surface area (Å²) in [7, 11) is 0. The Morgan fingerprint density at radius 2 is 1.83 bits per heavy atom. The lowest BCUT2D eigenvalue weighted by atomic mass is 9.88. The van der Waals surface area contributed by atoms with Crippen LogP contribution >= 0.6 is 0 Å². The Kier molecular flexibility index (Phi) is 4.97. The molecule has 0 heterocycles. The Morgan fingerprint density at radius 3 is 2.25 bits per heavy atom. The molecule has 0 saturated heterocycles. The molecule has 0 fully saturated rings. The van der Waals surface area contributed by atoms with E-state index >= 15 is 0 Å². The molecule has 0 aliphatic rings. The van der Waals surface area contributed by atoms with Crippen molar-refractivity contribution >= 4 is 0 Å². The highest BCUT2D eigenvalue weighted by molar-refractivity contribution is 4.91. The molecule has 0 aromatic carbocycles. The van der Waals surface area contributed by atoms with Gasteiger partial charge in [-0.05, 0) is 26.2 Å². The molecule has 0 radical (unpaired) electrons. The van der Waals surface area contributed by atoms with E-state index in [-0.39, 0.29) is 5.41 Å². The van der Waals surface area contributed by atoms with E-state index in [0.29, 0.717) is 0 Å². The van der Waals surface area contributed by atoms with Crippen LogP contribution in [0.2, 0.25) is 0 Å². The molecule has 0 N–H and O–H groups in total. The lowest BCUT2D eigenvalue weighted by Gasteiger charge is -2.14. The first-order chi connectivity index (χ1) is 5.48. The molecular formula is C11H21N. The van der Waals surface area contributed by atoms with Crippen LogP contribution in [-0.4, -0.2) is 0 Å². The molecule has 1 nitrogen and oxygen atoms in total. The number of rotatable bonds is 5. The lowest BCUT2D eigenvalue weighted by molar-refractivity contribution is 0.409. The fourth-order valence-corrected chi connectivity index (χ4v) is 1.18. The first-order valence-corrected chi connectivity index (χ1v) is 4.89. The van der Waals surface area contributed by atoms with Crippen molar-refractivity contribution in [2.45, 2.75) is 53.4 Å². The minimum absolute atomic E-state index is 0.114. The van der Waals surface area contributed by atoms with Crippen LogP contribution in [0.25, 0.3) is 0 Å². The van der Waals surface area contributed by atoms with Crippen LogP contribution in [0.3, 0.4) is 0 Å². The van der Waals surface area contributed by atoms with Crippen LogP contribution in [0.1, 0.15) is 53.4 Å². The van der Waals surface area contributed by atoms with Gasteiger partial charge in [0.1, 0.15) is 0 Å². The second-order valence-electron chi connectivity index (χ2n) is 4.64. The van der Waals surface area contributed by atoms with E-state index in [1.165, 1.54) is 19.3 Å². The van der Waals surface area contributed by atoms with Crippen molar-refractivity contribution in [2.24, 2.45) is 11.3 Å². The summed E-state index contributed by atoms with van der Waals surface area (Å²) in [5.41, 5.74) is -0.114. The molecule has 0 amide bonds. The van der Waals surface area contributed by atoms with Gasteiger partial charge in [-0.1, -0.05) is 33.1 Å². The number of unbranched alkanes of at least 4 members (excludes halogenated alkanes) is 1. The van der Waals surface area contributed by atoms with Gasteiger partial charge < -0.3 is 0 Å². The molecule has 0 aliphatic heterocycles. The van der Waals surface area contributed by atoms with E-state index in [1.807, 2.05) is 13.8 Å². The predicted molar refractivity (Wildman–Crippen MR) is 52.7 cm³/mol. The summed E-state index contributed by atoms with van der Waals surface area (Å²) in [6.07, 6.45) is 4.79. The summed E-state index contributed by atoms with van der Waals surface area (Å²) in [4.78, 5) is 0. The largest absolute Gasteiger partial charge is 0.198 e. The Labute approximate surface area is 76.8 Å². The van der Waals surface area contributed by atoms with E-state index in [2.05, 4.69) is 19.9 Å². The van der Waals surface area contributed by atoms with Crippen LogP contribution in [0.4, 0.5) is 0 Å². The molecule has 12 heavy (non-hydrogen) atoms. The minimum Gasteiger partial charge on any atom is -0.198 e. The Bertz CT molecular complexity index is 151. The van der Waals surface area contributed by atoms with Crippen LogP contribution in [0.5, 0.6) is 0 Å². The molecule has 0 atom stereocenters. The summed E-state index contributed by atoms with van der Waals surface area (Å²) in [6.45, 7) is 8.52. The first-order valence-electron chi connectivity index (χ1n) is 4.89. The fourth-order valence-electron chi connectivity index (χ4n) is 1.18. The van der Waals surface area contributed by atoms with E-state index in [1.54, 1.807) is 0 Å². The van der Waals surface area contributed by atoms with Gasteiger partial charge >= 0.3 is 0 Å². The predicted octanol–water partition coefficient (Wildman–Crippen LogP) is 3.75. The number of nitriles is 1. The smallest absolute Gasteiger partial charge is 0.0683 e. The number of nitrogens with zero attached hydrogens (tertiary/aromatic N) is 1. The van der Waals surface area contributed by atoms with Gasteiger partial charge in [-0.25, -0.2) is 0 Å². The summed E-state index contributed by atoms with van der Waals surface area (Å²) in [6, 6.07) is 2.33. The van der Waals surface area contributed by atoms with Crippen molar-refractivity contribution in [3.63, 3.8) is 0 Å². The van der Waals surface area contributed by atoms with E-state index in [0.717, 1.165) is 12.3 Å². The first kappa shape index (κ1) is 11.5. The van der Waals surface area contributed by atoms with Crippen LogP contribution in [-0.2, 0) is 0 Å². The van der Waals surface area contributed by atoms with Gasteiger partial charge in [0, 0.05) is 0 Å². The Balaban J connectivity index is 3.39. The van der Waals surface area contributed by atoms with Gasteiger partial charge in [0.15, 0.2) is 0 Å². The number of hydrogen-bond donors (Lipinski definition) is 0. The van der Waals surface area contributed by atoms with Crippen molar-refractivity contribution in [2.75, 3.05) is 0 Å². The zero-order valence-electron chi connectivity index (χ0n) is 8.85. The third kappa shape index (κ3) is 6.22. The second-order valence-corrected chi connectivity index (χ2v) is 4.64. The Morgan fingerprint density at radius 1 is 1.25 bits per heavy atom. The Hall–Kier alpha value is -0.510. The van der Waals surface area contributed by atoms with Crippen molar-refractivity contribution in [1.29, 1.82) is 5.26 Å². The van der Waals surface area contributed by atoms with Gasteiger partial charge in [0.2, 0.25) is 0 Å². The van der Waals surface area contributed by atoms with Crippen LogP contribution in [0.15, 0.2) is 0 Å². The highest BCUT2D eigenvalue weighted by Crippen LogP contribution is 2.22. The molecule has 70 valence electrons. The molecule has 0 spiro atoms. The normalized spacial score (nSPS) is 11.7. The summed E-state index contributed by atoms with van der Waals surface area (Å²) in [5.74, 6) is 0.801. The molecule has 0 aromatic rings. The quantitative estimate of drug-likeness (QED) is 0.572. The molecule has 0 saturated carbocycles. The van der Waals surface area contributed by atoms with Crippen LogP contribution in [0, 0.1) is 22.7 Å². The molecule has 0 bridgehead atoms. The summed E-state index contributed by atoms with van der Waals surface area (Å²) >= 11 is 0. The SMILES string of the molecule is CC(C)CCCCC(C)(C)C#N. The van der Waals surface area contributed by atoms with E-state index in [4.69, 9.17) is 5.26 Å². The molecule has 0 aromatic heterocycles. The van der Waals surface area contributed by atoms with Crippen molar-refractivity contribution in [3.05, 3.63) is 0 Å². The molecule has 0 unspecified atom stereocenters. The minimum atomic E-state index is -0.114. The monoisotopic (exact) mass is 167 g/mol. The highest BCUT2D eigenvalue weighted by atomic mass is 14.3. The maximum Gasteiger partial charge on any atom is 0.0683 e. The third-order valence-corrected chi connectivity index (χ3v) is 2.14. The maximum absolute atomic E-state index is 8.75. The standard InChI is InChI=1S/C11H21N/c1-10(2)7-5-6-8-11(3,4)9-12/h10H,5-8H2,1-4H3. The molecule has 0 aliphatic carbocycles. The summed E-state index contributed by atoms with van der Waals surface area (Å²) in [5, 5.41) is 8.75. The van der Waals surface area contributed by atoms with Gasteiger partial charge in [-0.3, -0.25) is 0 Å². The van der Waals surface area contributed by atoms with Crippen molar-refractivity contribution in [3.8, 4) is 6.07 Å². The molecule has 0 rings (SSSR count). The van der Waals surface area contributed by atoms with Gasteiger partial charge in [0.05, 0.1) is 11.5 Å². The zero-order chi connectivity index (χ0) is 9.61. The van der Waals surface area contributed by atoms with Crippen LogP contribution < -0.4 is 0 Å². The fraction of sp³-hybridized carbons (Fsp3) is 0.909. The summed E-state index contributed by atoms with van der Waals surface area (Å²) < 4.78 is 0. The highest BCUT2D eigenvalue weighted by Gasteiger charge is 2.15. The maximum atomic E-state index is 8.75. The average Bonchev–Trinajstić information content (AvgIpc) is 1.98. The van der Waals surface area contributed by atoms with E-state index < -0.39 is 0 Å². The van der Waals surface area contributed by atoms with Gasteiger partial charge in [-0.15, -0.1) is 0 Å². The molecule has 1 heteroatoms. The zero-order valence-corrected chi connectivity index (χ0v) is 8.85. The second kappa shape index (κ2) is 5.19. The van der Waals surface area contributed by atoms with Crippen molar-refractivity contribution < 1.29 is 0 Å². The topological polar surface area (TPSA) is 23.8 Å². The lowest BCUT2D eigenvalue weighted by Crippen LogP contribution is -2.07. The van der Waals surface area contributed by atoms with Crippen molar-refractivity contribution in [1.82, 2.24) is 0 Å². The number of hydrogen-bond acceptors (Lipinski definition) is 1. The average molecular weight is 167 g/mol. The molecular weight excluding hydrogens is 146 g/mol. The van der Waals surface area contributed by atoms with E-state index in [9.17, 15) is 0 Å².